The van der Waals surface area contributed by atoms with Crippen LogP contribution in [-0.2, 0) is 33.3 Å². The van der Waals surface area contributed by atoms with Crippen molar-refractivity contribution in [2.24, 2.45) is 22.6 Å². The summed E-state index contributed by atoms with van der Waals surface area (Å²) in [6.45, 7) is 6.82. The van der Waals surface area contributed by atoms with Gasteiger partial charge in [0.25, 0.3) is 0 Å². The number of nitrogens with one attached hydrogen (secondary N) is 2. The van der Waals surface area contributed by atoms with Crippen LogP contribution in [0, 0.1) is 11.8 Å². The third-order valence-electron chi connectivity index (χ3n) is 8.01. The fourth-order valence-electron chi connectivity index (χ4n) is 5.60. The highest BCUT2D eigenvalue weighted by molar-refractivity contribution is 5.92. The van der Waals surface area contributed by atoms with Crippen LogP contribution in [0.1, 0.15) is 20.3 Å². The zero-order valence-corrected chi connectivity index (χ0v) is 27.8. The molecule has 0 radical (unpaired) electrons. The smallest absolute Gasteiger partial charge is 0.339 e. The van der Waals surface area contributed by atoms with E-state index in [9.17, 15) is 35.1 Å². The van der Waals surface area contributed by atoms with Gasteiger partial charge in [0, 0.05) is 19.1 Å². The number of esters is 1. The van der Waals surface area contributed by atoms with Gasteiger partial charge in [0.2, 0.25) is 6.29 Å². The van der Waals surface area contributed by atoms with E-state index >= 15 is 0 Å². The van der Waals surface area contributed by atoms with Gasteiger partial charge in [-0.25, -0.2) is 9.59 Å². The highest BCUT2D eigenvalue weighted by Gasteiger charge is 2.49. The molecular formula is C32H49N4O13+. The van der Waals surface area contributed by atoms with Gasteiger partial charge in [-0.05, 0) is 20.3 Å². The number of ether oxygens (including phenoxy) is 5. The second kappa shape index (κ2) is 18.9. The van der Waals surface area contributed by atoms with Crippen LogP contribution in [0.25, 0.3) is 0 Å². The molecule has 1 saturated heterocycles. The summed E-state index contributed by atoms with van der Waals surface area (Å²) in [7, 11) is 1.20. The number of rotatable bonds is 16. The van der Waals surface area contributed by atoms with E-state index in [0.29, 0.717) is 16.9 Å². The molecular weight excluding hydrogens is 648 g/mol. The monoisotopic (exact) mass is 697 g/mol. The van der Waals surface area contributed by atoms with Crippen molar-refractivity contribution in [2.45, 2.75) is 63.4 Å². The first-order valence-electron chi connectivity index (χ1n) is 15.9. The van der Waals surface area contributed by atoms with Crippen molar-refractivity contribution in [3.05, 3.63) is 59.7 Å². The van der Waals surface area contributed by atoms with Crippen LogP contribution in [0.4, 0.5) is 0 Å². The summed E-state index contributed by atoms with van der Waals surface area (Å²) in [4.78, 5) is 30.1. The molecule has 0 saturated carbocycles. The molecule has 0 bridgehead atoms. The summed E-state index contributed by atoms with van der Waals surface area (Å²) < 4.78 is 28.6. The largest absolute Gasteiger partial charge is 0.478 e. The average Bonchev–Trinajstić information content (AvgIpc) is 3.07. The molecule has 3 heterocycles. The van der Waals surface area contributed by atoms with Gasteiger partial charge in [0.1, 0.15) is 49.3 Å². The number of quaternary nitrogens is 1. The third kappa shape index (κ3) is 10.2. The predicted octanol–water partition coefficient (Wildman–Crippen LogP) is -2.98. The summed E-state index contributed by atoms with van der Waals surface area (Å²) in [5.74, 6) is -3.68. The number of hydrogen-bond donors (Lipinski definition) is 9. The molecule has 0 aromatic rings. The maximum Gasteiger partial charge on any atom is 0.339 e. The Kier molecular flexibility index (Phi) is 15.4. The number of carboxylic acids is 1. The molecule has 0 spiro atoms. The van der Waals surface area contributed by atoms with Crippen LogP contribution in [0.2, 0.25) is 0 Å². The van der Waals surface area contributed by atoms with Crippen LogP contribution >= 0.6 is 0 Å². The topological polar surface area (TPSA) is 257 Å². The second-order valence-electron chi connectivity index (χ2n) is 11.8. The molecule has 17 nitrogen and oxygen atoms in total. The fourth-order valence-corrected chi connectivity index (χ4v) is 5.60. The van der Waals surface area contributed by atoms with Crippen molar-refractivity contribution >= 4 is 17.9 Å². The van der Waals surface area contributed by atoms with Gasteiger partial charge in [-0.2, -0.15) is 0 Å². The number of allylic oxidation sites excluding steroid dienone is 2. The van der Waals surface area contributed by atoms with Gasteiger partial charge in [0.05, 0.1) is 55.5 Å². The minimum Gasteiger partial charge on any atom is -0.478 e. The minimum atomic E-state index is -1.48. The minimum absolute atomic E-state index is 0.0195. The highest BCUT2D eigenvalue weighted by Crippen LogP contribution is 2.37. The van der Waals surface area contributed by atoms with Crippen LogP contribution in [0.5, 0.6) is 0 Å². The molecule has 1 fully saturated rings. The first-order valence-corrected chi connectivity index (χ1v) is 15.9. The van der Waals surface area contributed by atoms with Gasteiger partial charge in [-0.15, -0.1) is 6.58 Å². The Bertz CT molecular complexity index is 1310. The van der Waals surface area contributed by atoms with E-state index in [0.717, 1.165) is 6.26 Å². The Morgan fingerprint density at radius 1 is 1.20 bits per heavy atom. The number of nitrogens with zero attached hydrogens (tertiary/aromatic N) is 1. The van der Waals surface area contributed by atoms with Gasteiger partial charge < -0.3 is 70.3 Å². The molecule has 10 N–H and O–H groups in total. The number of carbonyl (C=O) groups is 2. The lowest BCUT2D eigenvalue weighted by molar-refractivity contribution is -0.843. The van der Waals surface area contributed by atoms with Crippen molar-refractivity contribution in [2.75, 3.05) is 46.6 Å². The standard InChI is InChI=1S/C32H48N4O13/c1-5-19-20(8-7-18-13-36(10-12-38)14-21(28(42)43)24(18)35-32(33)34-9-6-11-37)22(29(44)45-4)16-46-30(19)49-31-27(47-17(2)3)26(41)25(40)23(15-39)48-31/h5,7-8,13,16-17,19-20,23,25-27,30-31,37-41H,1,6,9-12,14-15H2,2-4H3,(H,42,43)(H3,33,34,35)/p+1/b8-7+/t19-,20+,23-,25-,26+,27-,30+,31+/m1/s1. The Hall–Kier alpha value is -3.65. The molecule has 1 unspecified atom stereocenters. The molecule has 274 valence electrons. The van der Waals surface area contributed by atoms with E-state index in [-0.39, 0.29) is 55.7 Å². The normalized spacial score (nSPS) is 30.9. The van der Waals surface area contributed by atoms with Crippen molar-refractivity contribution in [1.29, 1.82) is 0 Å². The van der Waals surface area contributed by atoms with Gasteiger partial charge in [-0.1, -0.05) is 18.2 Å². The van der Waals surface area contributed by atoms with Gasteiger partial charge in [-0.3, -0.25) is 4.99 Å². The fraction of sp³-hybridized carbons (Fsp3) is 0.594. The van der Waals surface area contributed by atoms with Gasteiger partial charge in [0.15, 0.2) is 12.2 Å². The quantitative estimate of drug-likeness (QED) is 0.0257. The number of aliphatic hydroxyl groups excluding tert-OH is 5. The number of aliphatic imine (C=N–C) groups is 1. The third-order valence-corrected chi connectivity index (χ3v) is 8.01. The van der Waals surface area contributed by atoms with E-state index in [1.807, 2.05) is 0 Å². The first kappa shape index (κ1) is 39.8. The zero-order valence-electron chi connectivity index (χ0n) is 27.8. The van der Waals surface area contributed by atoms with Crippen molar-refractivity contribution in [1.82, 2.24) is 5.32 Å². The van der Waals surface area contributed by atoms with Gasteiger partial charge >= 0.3 is 11.9 Å². The van der Waals surface area contributed by atoms with Crippen LogP contribution in [-0.4, -0.2) is 138 Å². The summed E-state index contributed by atoms with van der Waals surface area (Å²) in [6.07, 6.45) is -0.388. The molecule has 0 amide bonds. The van der Waals surface area contributed by atoms with Crippen LogP contribution in [0.15, 0.2) is 64.7 Å². The van der Waals surface area contributed by atoms with Crippen LogP contribution in [0.3, 0.4) is 0 Å². The molecule has 49 heavy (non-hydrogen) atoms. The number of nitrogens with two attached hydrogens (primary N) is 1. The molecule has 17 heteroatoms. The Labute approximate surface area is 284 Å². The van der Waals surface area contributed by atoms with Crippen molar-refractivity contribution in [3.8, 4) is 0 Å². The summed E-state index contributed by atoms with van der Waals surface area (Å²) >= 11 is 0. The average molecular weight is 698 g/mol. The number of aliphatic carboxylic acids is 1. The van der Waals surface area contributed by atoms with Crippen molar-refractivity contribution in [3.63, 3.8) is 0 Å². The van der Waals surface area contributed by atoms with E-state index in [1.54, 1.807) is 32.2 Å². The number of guanidine groups is 1. The first-order chi connectivity index (χ1) is 23.4. The summed E-state index contributed by atoms with van der Waals surface area (Å²) in [6, 6.07) is 0. The van der Waals surface area contributed by atoms with E-state index < -0.39 is 73.5 Å². The van der Waals surface area contributed by atoms with Crippen molar-refractivity contribution < 1.29 is 68.8 Å². The highest BCUT2D eigenvalue weighted by atomic mass is 16.8. The van der Waals surface area contributed by atoms with Crippen LogP contribution < -0.4 is 16.0 Å². The Morgan fingerprint density at radius 2 is 1.94 bits per heavy atom. The van der Waals surface area contributed by atoms with E-state index in [4.69, 9.17) is 34.5 Å². The SMILES string of the molecule is C=C[C@H]1[C@H](O[C@@H]2O[C@H](CO)[C@@H](O)[C@H](O)[C@H]2OC(C)C)OC=C(C(=O)OC)[C@H]1/C=C/C1=C[NH+](CCO)CC(C(=O)O)=C1NC(N)=NCCCO. The Balaban J connectivity index is 2.04. The molecule has 0 aliphatic carbocycles. The lowest BCUT2D eigenvalue weighted by atomic mass is 9.83. The summed E-state index contributed by atoms with van der Waals surface area (Å²) in [5, 5.41) is 62.7. The maximum absolute atomic E-state index is 12.9. The number of methoxy groups -OCH3 is 1. The van der Waals surface area contributed by atoms with E-state index in [1.165, 1.54) is 13.2 Å². The second-order valence-corrected chi connectivity index (χ2v) is 11.8. The molecule has 3 rings (SSSR count). The molecule has 9 atom stereocenters. The maximum atomic E-state index is 12.9. The number of carbonyl (C=O) groups excluding carboxylic acids is 1. The summed E-state index contributed by atoms with van der Waals surface area (Å²) in [5.41, 5.74) is 6.59. The lowest BCUT2D eigenvalue weighted by Crippen LogP contribution is -3.09. The van der Waals surface area contributed by atoms with E-state index in [2.05, 4.69) is 16.9 Å². The molecule has 0 aromatic heterocycles. The predicted molar refractivity (Wildman–Crippen MR) is 172 cm³/mol. The number of carboxylic acid groups (broad SMARTS) is 1. The number of hydrogen-bond acceptors (Lipinski definition) is 13. The number of aliphatic hydroxyl groups is 5. The molecule has 0 aromatic carbocycles. The molecule has 3 aliphatic rings. The zero-order chi connectivity index (χ0) is 36.2. The Morgan fingerprint density at radius 3 is 2.53 bits per heavy atom. The lowest BCUT2D eigenvalue weighted by Gasteiger charge is -2.44. The molecule has 3 aliphatic heterocycles.